The van der Waals surface area contributed by atoms with Crippen LogP contribution in [0, 0.1) is 0 Å². The van der Waals surface area contributed by atoms with E-state index in [9.17, 15) is 8.78 Å². The Kier molecular flexibility index (Phi) is 4.25. The highest BCUT2D eigenvalue weighted by Crippen LogP contribution is 2.09. The molecule has 0 aliphatic carbocycles. The van der Waals surface area contributed by atoms with Gasteiger partial charge in [-0.15, -0.1) is 0 Å². The molecule has 3 nitrogen and oxygen atoms in total. The van der Waals surface area contributed by atoms with Gasteiger partial charge in [0.1, 0.15) is 5.82 Å². The van der Waals surface area contributed by atoms with Gasteiger partial charge in [-0.25, -0.2) is 13.8 Å². The number of hydrogen-bond acceptors (Lipinski definition) is 3. The molecule has 78 valence electrons. The van der Waals surface area contributed by atoms with E-state index in [2.05, 4.69) is 10.3 Å². The van der Waals surface area contributed by atoms with E-state index in [-0.39, 0.29) is 6.61 Å². The maximum atomic E-state index is 12.4. The van der Waals surface area contributed by atoms with Crippen LogP contribution in [0.2, 0.25) is 0 Å². The average Bonchev–Trinajstić information content (AvgIpc) is 2.18. The van der Waals surface area contributed by atoms with Gasteiger partial charge in [-0.1, -0.05) is 6.07 Å². The van der Waals surface area contributed by atoms with Gasteiger partial charge >= 0.3 is 0 Å². The fraction of sp³-hybridized carbons (Fsp3) is 0.444. The number of halogens is 2. The molecule has 14 heavy (non-hydrogen) atoms. The Bertz CT molecular complexity index is 256. The van der Waals surface area contributed by atoms with Crippen molar-refractivity contribution < 1.29 is 13.5 Å². The van der Waals surface area contributed by atoms with Crippen LogP contribution in [0.3, 0.4) is 0 Å². The van der Waals surface area contributed by atoms with Gasteiger partial charge < -0.3 is 10.1 Å². The molecule has 0 bridgehead atoms. The van der Waals surface area contributed by atoms with Crippen LogP contribution in [0.25, 0.3) is 0 Å². The van der Waals surface area contributed by atoms with E-state index in [0.717, 1.165) is 0 Å². The molecule has 0 saturated heterocycles. The smallest absolute Gasteiger partial charge is 0.282 e. The Morgan fingerprint density at radius 1 is 1.50 bits per heavy atom. The Morgan fingerprint density at radius 3 is 2.79 bits per heavy atom. The summed E-state index contributed by atoms with van der Waals surface area (Å²) in [5, 5.41) is 2.50. The van der Waals surface area contributed by atoms with Crippen molar-refractivity contribution in [3.8, 4) is 0 Å². The van der Waals surface area contributed by atoms with Gasteiger partial charge in [-0.2, -0.15) is 0 Å². The summed E-state index contributed by atoms with van der Waals surface area (Å²) >= 11 is 0. The second kappa shape index (κ2) is 5.49. The van der Waals surface area contributed by atoms with E-state index >= 15 is 0 Å². The predicted octanol–water partition coefficient (Wildman–Crippen LogP) is 2.12. The van der Waals surface area contributed by atoms with E-state index in [1.807, 2.05) is 0 Å². The minimum Gasteiger partial charge on any atom is -0.353 e. The molecule has 1 N–H and O–H groups in total. The van der Waals surface area contributed by atoms with E-state index in [0.29, 0.717) is 5.82 Å². The van der Waals surface area contributed by atoms with Crippen LogP contribution < -0.4 is 5.32 Å². The van der Waals surface area contributed by atoms with Crippen molar-refractivity contribution >= 4 is 5.82 Å². The first-order valence-electron chi connectivity index (χ1n) is 4.31. The summed E-state index contributed by atoms with van der Waals surface area (Å²) in [4.78, 5) is 3.86. The molecular weight excluding hydrogens is 190 g/mol. The zero-order valence-electron chi connectivity index (χ0n) is 7.78. The number of aromatic nitrogens is 1. The predicted molar refractivity (Wildman–Crippen MR) is 49.3 cm³/mol. The first kappa shape index (κ1) is 10.8. The molecule has 1 rings (SSSR count). The lowest BCUT2D eigenvalue weighted by Crippen LogP contribution is -2.31. The van der Waals surface area contributed by atoms with Crippen molar-refractivity contribution in [3.63, 3.8) is 0 Å². The molecule has 0 saturated carbocycles. The Hall–Kier alpha value is -1.23. The Balaban J connectivity index is 2.55. The van der Waals surface area contributed by atoms with Gasteiger partial charge in [-0.05, 0) is 19.1 Å². The number of hydrogen-bond donors (Lipinski definition) is 1. The third kappa shape index (κ3) is 3.26. The zero-order chi connectivity index (χ0) is 10.4. The first-order chi connectivity index (χ1) is 6.74. The van der Waals surface area contributed by atoms with Crippen molar-refractivity contribution in [3.05, 3.63) is 24.4 Å². The summed E-state index contributed by atoms with van der Waals surface area (Å²) in [7, 11) is 0. The van der Waals surface area contributed by atoms with Gasteiger partial charge in [0.2, 0.25) is 0 Å². The summed E-state index contributed by atoms with van der Waals surface area (Å²) in [5.74, 6) is 0.381. The summed E-state index contributed by atoms with van der Waals surface area (Å²) in [5.41, 5.74) is 0. The van der Waals surface area contributed by atoms with Gasteiger partial charge in [0.15, 0.2) is 6.23 Å². The number of anilines is 1. The highest BCUT2D eigenvalue weighted by atomic mass is 19.3. The summed E-state index contributed by atoms with van der Waals surface area (Å²) in [6.45, 7) is 1.89. The van der Waals surface area contributed by atoms with E-state index in [1.54, 1.807) is 25.1 Å². The zero-order valence-corrected chi connectivity index (χ0v) is 7.78. The third-order valence-corrected chi connectivity index (χ3v) is 1.53. The summed E-state index contributed by atoms with van der Waals surface area (Å²) in [6.07, 6.45) is -2.34. The number of ether oxygens (including phenoxy) is 1. The maximum Gasteiger partial charge on any atom is 0.282 e. The molecule has 0 fully saturated rings. The molecule has 0 aromatic carbocycles. The van der Waals surface area contributed by atoms with Crippen LogP contribution in [0.1, 0.15) is 6.92 Å². The lowest BCUT2D eigenvalue weighted by Gasteiger charge is -2.17. The fourth-order valence-electron chi connectivity index (χ4n) is 0.951. The second-order valence-electron chi connectivity index (χ2n) is 2.57. The molecule has 1 heterocycles. The molecule has 0 amide bonds. The number of pyridine rings is 1. The lowest BCUT2D eigenvalue weighted by atomic mass is 10.4. The quantitative estimate of drug-likeness (QED) is 0.742. The molecule has 0 radical (unpaired) electrons. The molecule has 1 unspecified atom stereocenters. The number of nitrogens with zero attached hydrogens (tertiary/aromatic N) is 1. The highest BCUT2D eigenvalue weighted by Gasteiger charge is 2.20. The second-order valence-corrected chi connectivity index (χ2v) is 2.57. The first-order valence-corrected chi connectivity index (χ1v) is 4.31. The van der Waals surface area contributed by atoms with Crippen LogP contribution >= 0.6 is 0 Å². The van der Waals surface area contributed by atoms with Crippen LogP contribution in [-0.2, 0) is 4.74 Å². The standard InChI is InChI=1S/C9H12F2N2O/c1-2-14-9(8(10)11)13-7-5-3-4-6-12-7/h3-6,8-9H,2H2,1H3,(H,12,13). The van der Waals surface area contributed by atoms with Crippen LogP contribution in [-0.4, -0.2) is 24.2 Å². The van der Waals surface area contributed by atoms with Crippen molar-refractivity contribution in [2.45, 2.75) is 19.6 Å². The highest BCUT2D eigenvalue weighted by molar-refractivity contribution is 5.33. The van der Waals surface area contributed by atoms with Crippen molar-refractivity contribution in [1.82, 2.24) is 4.98 Å². The Labute approximate surface area is 81.1 Å². The third-order valence-electron chi connectivity index (χ3n) is 1.53. The molecule has 5 heteroatoms. The fourth-order valence-corrected chi connectivity index (χ4v) is 0.951. The van der Waals surface area contributed by atoms with Gasteiger partial charge in [0.25, 0.3) is 6.43 Å². The Morgan fingerprint density at radius 2 is 2.29 bits per heavy atom. The molecule has 0 aliphatic heterocycles. The van der Waals surface area contributed by atoms with Crippen molar-refractivity contribution in [2.75, 3.05) is 11.9 Å². The largest absolute Gasteiger partial charge is 0.353 e. The molecule has 0 spiro atoms. The van der Waals surface area contributed by atoms with Crippen molar-refractivity contribution in [1.29, 1.82) is 0 Å². The normalized spacial score (nSPS) is 12.9. The topological polar surface area (TPSA) is 34.1 Å². The molecule has 1 aromatic heterocycles. The van der Waals surface area contributed by atoms with Crippen LogP contribution in [0.15, 0.2) is 24.4 Å². The number of nitrogens with one attached hydrogen (secondary N) is 1. The lowest BCUT2D eigenvalue weighted by molar-refractivity contribution is -0.0350. The van der Waals surface area contributed by atoms with E-state index < -0.39 is 12.7 Å². The van der Waals surface area contributed by atoms with Gasteiger partial charge in [0.05, 0.1) is 0 Å². The van der Waals surface area contributed by atoms with E-state index in [1.165, 1.54) is 6.20 Å². The number of alkyl halides is 2. The molecule has 1 aromatic rings. The van der Waals surface area contributed by atoms with Crippen molar-refractivity contribution in [2.24, 2.45) is 0 Å². The van der Waals surface area contributed by atoms with Gasteiger partial charge in [0, 0.05) is 12.8 Å². The average molecular weight is 202 g/mol. The number of rotatable bonds is 5. The molecule has 1 atom stereocenters. The summed E-state index contributed by atoms with van der Waals surface area (Å²) < 4.78 is 29.5. The maximum absolute atomic E-state index is 12.4. The molecular formula is C9H12F2N2O. The monoisotopic (exact) mass is 202 g/mol. The van der Waals surface area contributed by atoms with E-state index in [4.69, 9.17) is 4.74 Å². The minimum atomic E-state index is -2.57. The van der Waals surface area contributed by atoms with Crippen LogP contribution in [0.4, 0.5) is 14.6 Å². The summed E-state index contributed by atoms with van der Waals surface area (Å²) in [6, 6.07) is 5.03. The molecule has 0 aliphatic rings. The van der Waals surface area contributed by atoms with Gasteiger partial charge in [-0.3, -0.25) is 0 Å². The van der Waals surface area contributed by atoms with Crippen LogP contribution in [0.5, 0.6) is 0 Å². The minimum absolute atomic E-state index is 0.231. The SMILES string of the molecule is CCOC(Nc1ccccn1)C(F)F.